The minimum absolute atomic E-state index is 0.154. The zero-order valence-electron chi connectivity index (χ0n) is 16.1. The normalized spacial score (nSPS) is 18.0. The van der Waals surface area contributed by atoms with E-state index in [0.717, 1.165) is 34.5 Å². The minimum Gasteiger partial charge on any atom is -0.492 e. The first-order valence-electron chi connectivity index (χ1n) is 9.42. The molecule has 0 bridgehead atoms. The number of aryl methyl sites for hydroxylation is 3. The molecule has 2 aromatic rings. The third-order valence-corrected chi connectivity index (χ3v) is 5.10. The fourth-order valence-electron chi connectivity index (χ4n) is 3.88. The third-order valence-electron chi connectivity index (χ3n) is 5.10. The van der Waals surface area contributed by atoms with Crippen molar-refractivity contribution in [1.82, 2.24) is 0 Å². The van der Waals surface area contributed by atoms with Crippen molar-refractivity contribution in [3.8, 4) is 5.75 Å². The summed E-state index contributed by atoms with van der Waals surface area (Å²) in [5, 5.41) is 0. The van der Waals surface area contributed by atoms with E-state index in [1.807, 2.05) is 51.1 Å². The highest BCUT2D eigenvalue weighted by molar-refractivity contribution is 6.07. The van der Waals surface area contributed by atoms with Gasteiger partial charge in [-0.2, -0.15) is 0 Å². The van der Waals surface area contributed by atoms with Crippen LogP contribution in [0.3, 0.4) is 0 Å². The van der Waals surface area contributed by atoms with Crippen molar-refractivity contribution < 1.29 is 19.0 Å². The average molecular weight is 367 g/mol. The Hall–Kier alpha value is -2.37. The third kappa shape index (κ3) is 3.11. The first kappa shape index (κ1) is 18.0. The van der Waals surface area contributed by atoms with E-state index in [1.165, 1.54) is 5.56 Å². The van der Waals surface area contributed by atoms with Crippen molar-refractivity contribution >= 4 is 11.6 Å². The quantitative estimate of drug-likeness (QED) is 0.828. The van der Waals surface area contributed by atoms with Crippen LogP contribution in [0, 0.1) is 20.8 Å². The van der Waals surface area contributed by atoms with Crippen LogP contribution >= 0.6 is 0 Å². The number of hydrogen-bond acceptors (Lipinski definition) is 4. The molecule has 27 heavy (non-hydrogen) atoms. The molecule has 0 atom stereocenters. The van der Waals surface area contributed by atoms with Crippen LogP contribution in [0.15, 0.2) is 36.4 Å². The first-order valence-corrected chi connectivity index (χ1v) is 9.42. The molecule has 2 aliphatic rings. The second-order valence-electron chi connectivity index (χ2n) is 7.26. The monoisotopic (exact) mass is 367 g/mol. The molecule has 0 N–H and O–H groups in total. The molecule has 0 radical (unpaired) electrons. The number of carbonyl (C=O) groups excluding carboxylic acids is 1. The van der Waals surface area contributed by atoms with E-state index >= 15 is 0 Å². The Morgan fingerprint density at radius 1 is 1.04 bits per heavy atom. The Morgan fingerprint density at radius 3 is 2.44 bits per heavy atom. The van der Waals surface area contributed by atoms with Gasteiger partial charge in [-0.3, -0.25) is 4.79 Å². The van der Waals surface area contributed by atoms with Crippen LogP contribution in [0.25, 0.3) is 0 Å². The molecule has 2 aliphatic heterocycles. The van der Waals surface area contributed by atoms with E-state index in [2.05, 4.69) is 6.07 Å². The van der Waals surface area contributed by atoms with Crippen molar-refractivity contribution in [2.45, 2.75) is 33.0 Å². The van der Waals surface area contributed by atoms with Crippen LogP contribution in [0.1, 0.15) is 28.7 Å². The molecule has 4 rings (SSSR count). The number of nitrogens with zero attached hydrogens (tertiary/aromatic N) is 1. The molecular weight excluding hydrogens is 342 g/mol. The lowest BCUT2D eigenvalue weighted by Gasteiger charge is -2.32. The maximum Gasteiger partial charge on any atom is 0.292 e. The molecule has 142 valence electrons. The van der Waals surface area contributed by atoms with Gasteiger partial charge in [0.2, 0.25) is 0 Å². The number of carbonyl (C=O) groups is 1. The van der Waals surface area contributed by atoms with Gasteiger partial charge < -0.3 is 19.1 Å². The molecule has 0 aliphatic carbocycles. The van der Waals surface area contributed by atoms with Crippen molar-refractivity contribution in [3.63, 3.8) is 0 Å². The lowest BCUT2D eigenvalue weighted by Crippen LogP contribution is -2.48. The van der Waals surface area contributed by atoms with Crippen LogP contribution in [0.5, 0.6) is 5.75 Å². The van der Waals surface area contributed by atoms with Crippen molar-refractivity contribution in [2.75, 3.05) is 31.3 Å². The molecular formula is C22H25NO4. The maximum absolute atomic E-state index is 13.3. The van der Waals surface area contributed by atoms with Gasteiger partial charge in [-0.15, -0.1) is 0 Å². The Kier molecular flexibility index (Phi) is 4.66. The molecule has 1 amide bonds. The molecule has 1 saturated heterocycles. The molecule has 5 nitrogen and oxygen atoms in total. The second-order valence-corrected chi connectivity index (χ2v) is 7.26. The predicted octanol–water partition coefficient (Wildman–Crippen LogP) is 3.63. The second kappa shape index (κ2) is 6.98. The number of fused-ring (bicyclic) bond motifs is 2. The summed E-state index contributed by atoms with van der Waals surface area (Å²) < 4.78 is 17.7. The molecule has 2 aromatic carbocycles. The van der Waals surface area contributed by atoms with Crippen molar-refractivity contribution in [2.24, 2.45) is 0 Å². The molecule has 1 spiro atoms. The Morgan fingerprint density at radius 2 is 1.74 bits per heavy atom. The standard InChI is InChI=1S/C22H25NO4/c1-15-5-7-18(8-6-15)25-12-9-23-20-17(3)13-16(2)14-19(20)22(21(23)24)26-10-4-11-27-22/h5-8,13-14H,4,9-12H2,1-3H3. The molecule has 2 heterocycles. The molecule has 1 fully saturated rings. The lowest BCUT2D eigenvalue weighted by molar-refractivity contribution is -0.256. The van der Waals surface area contributed by atoms with E-state index in [1.54, 1.807) is 4.90 Å². The number of amides is 1. The molecule has 5 heteroatoms. The van der Waals surface area contributed by atoms with Crippen LogP contribution < -0.4 is 9.64 Å². The summed E-state index contributed by atoms with van der Waals surface area (Å²) in [4.78, 5) is 15.1. The largest absolute Gasteiger partial charge is 0.492 e. The van der Waals surface area contributed by atoms with Gasteiger partial charge in [0.25, 0.3) is 11.7 Å². The first-order chi connectivity index (χ1) is 13.0. The summed E-state index contributed by atoms with van der Waals surface area (Å²) in [5.74, 6) is -0.653. The molecule has 0 aromatic heterocycles. The van der Waals surface area contributed by atoms with E-state index in [0.29, 0.717) is 26.4 Å². The topological polar surface area (TPSA) is 48.0 Å². The van der Waals surface area contributed by atoms with E-state index in [-0.39, 0.29) is 5.91 Å². The van der Waals surface area contributed by atoms with Gasteiger partial charge in [0, 0.05) is 5.56 Å². The number of anilines is 1. The van der Waals surface area contributed by atoms with E-state index < -0.39 is 5.79 Å². The Balaban J connectivity index is 1.60. The average Bonchev–Trinajstić information content (AvgIpc) is 2.87. The smallest absolute Gasteiger partial charge is 0.292 e. The van der Waals surface area contributed by atoms with Gasteiger partial charge in [0.1, 0.15) is 12.4 Å². The summed E-state index contributed by atoms with van der Waals surface area (Å²) in [6.45, 7) is 7.97. The maximum atomic E-state index is 13.3. The number of ether oxygens (including phenoxy) is 3. The summed E-state index contributed by atoms with van der Waals surface area (Å²) in [6.07, 6.45) is 0.797. The minimum atomic E-state index is -1.30. The SMILES string of the molecule is Cc1ccc(OCCN2C(=O)C3(OCCCO3)c3cc(C)cc(C)c32)cc1. The van der Waals surface area contributed by atoms with E-state index in [4.69, 9.17) is 14.2 Å². The van der Waals surface area contributed by atoms with Crippen molar-refractivity contribution in [3.05, 3.63) is 58.7 Å². The van der Waals surface area contributed by atoms with Crippen LogP contribution in [0.4, 0.5) is 5.69 Å². The van der Waals surface area contributed by atoms with Gasteiger partial charge in [0.05, 0.1) is 25.4 Å². The summed E-state index contributed by atoms with van der Waals surface area (Å²) >= 11 is 0. The number of rotatable bonds is 4. The van der Waals surface area contributed by atoms with Crippen molar-refractivity contribution in [1.29, 1.82) is 0 Å². The summed E-state index contributed by atoms with van der Waals surface area (Å²) in [7, 11) is 0. The molecule has 0 unspecified atom stereocenters. The van der Waals surface area contributed by atoms with Gasteiger partial charge in [-0.1, -0.05) is 29.3 Å². The Labute approximate surface area is 159 Å². The lowest BCUT2D eigenvalue weighted by atomic mass is 10.00. The predicted molar refractivity (Wildman–Crippen MR) is 103 cm³/mol. The van der Waals surface area contributed by atoms with Crippen LogP contribution in [-0.2, 0) is 20.1 Å². The zero-order chi connectivity index (χ0) is 19.0. The van der Waals surface area contributed by atoms with E-state index in [9.17, 15) is 4.79 Å². The van der Waals surface area contributed by atoms with Crippen LogP contribution in [0.2, 0.25) is 0 Å². The highest BCUT2D eigenvalue weighted by atomic mass is 16.7. The summed E-state index contributed by atoms with van der Waals surface area (Å²) in [6, 6.07) is 12.0. The number of benzene rings is 2. The number of hydrogen-bond donors (Lipinski definition) is 0. The van der Waals surface area contributed by atoms with Crippen LogP contribution in [-0.4, -0.2) is 32.3 Å². The Bertz CT molecular complexity index is 853. The van der Waals surface area contributed by atoms with Gasteiger partial charge >= 0.3 is 0 Å². The van der Waals surface area contributed by atoms with Gasteiger partial charge in [-0.25, -0.2) is 0 Å². The summed E-state index contributed by atoms with van der Waals surface area (Å²) in [5.41, 5.74) is 5.03. The fourth-order valence-corrected chi connectivity index (χ4v) is 3.88. The van der Waals surface area contributed by atoms with Gasteiger partial charge in [-0.05, 0) is 51.0 Å². The zero-order valence-corrected chi connectivity index (χ0v) is 16.1. The highest BCUT2D eigenvalue weighted by Gasteiger charge is 2.55. The molecule has 0 saturated carbocycles. The fraction of sp³-hybridized carbons (Fsp3) is 0.409. The highest BCUT2D eigenvalue weighted by Crippen LogP contribution is 2.47. The van der Waals surface area contributed by atoms with Gasteiger partial charge in [0.15, 0.2) is 0 Å².